The number of carboxylic acid groups (broad SMARTS) is 1. The Morgan fingerprint density at radius 2 is 1.96 bits per heavy atom. The maximum Gasteiger partial charge on any atom is 0.335 e. The van der Waals surface area contributed by atoms with Crippen molar-refractivity contribution in [2.75, 3.05) is 0 Å². The van der Waals surface area contributed by atoms with Crippen LogP contribution in [0.5, 0.6) is 5.75 Å². The van der Waals surface area contributed by atoms with E-state index < -0.39 is 5.97 Å². The number of nitrogens with one attached hydrogen (secondary N) is 1. The molecule has 0 atom stereocenters. The standard InChI is InChI=1S/C17H14N4O3S/c22-16(23)13-8-6-12(7-9-13)10-18-21-15(19-20-17(21)25)11-24-14-4-2-1-3-5-14/h1-10H,11H2,(H,20,25)(H,22,23). The van der Waals surface area contributed by atoms with Crippen LogP contribution in [0.25, 0.3) is 0 Å². The fourth-order valence-corrected chi connectivity index (χ4v) is 2.24. The molecule has 1 heterocycles. The predicted molar refractivity (Wildman–Crippen MR) is 94.6 cm³/mol. The Labute approximate surface area is 148 Å². The van der Waals surface area contributed by atoms with Crippen LogP contribution in [-0.4, -0.2) is 32.2 Å². The highest BCUT2D eigenvalue weighted by molar-refractivity contribution is 7.71. The Hall–Kier alpha value is -3.26. The summed E-state index contributed by atoms with van der Waals surface area (Å²) in [6, 6.07) is 15.7. The number of benzene rings is 2. The number of hydrogen-bond donors (Lipinski definition) is 2. The number of nitrogens with zero attached hydrogens (tertiary/aromatic N) is 3. The van der Waals surface area contributed by atoms with Gasteiger partial charge in [0.15, 0.2) is 5.82 Å². The minimum Gasteiger partial charge on any atom is -0.486 e. The number of rotatable bonds is 6. The van der Waals surface area contributed by atoms with E-state index in [-0.39, 0.29) is 12.2 Å². The minimum absolute atomic E-state index is 0.201. The molecule has 0 saturated carbocycles. The molecule has 2 N–H and O–H groups in total. The van der Waals surface area contributed by atoms with Gasteiger partial charge in [0.05, 0.1) is 11.8 Å². The van der Waals surface area contributed by atoms with Gasteiger partial charge in [0.2, 0.25) is 4.77 Å². The van der Waals surface area contributed by atoms with E-state index in [9.17, 15) is 4.79 Å². The lowest BCUT2D eigenvalue weighted by Gasteiger charge is -2.04. The van der Waals surface area contributed by atoms with Gasteiger partial charge in [0.25, 0.3) is 0 Å². The first-order valence-corrected chi connectivity index (χ1v) is 7.76. The van der Waals surface area contributed by atoms with Crippen molar-refractivity contribution in [2.45, 2.75) is 6.61 Å². The topological polar surface area (TPSA) is 92.5 Å². The van der Waals surface area contributed by atoms with Crippen LogP contribution in [0.4, 0.5) is 0 Å². The normalized spacial score (nSPS) is 10.9. The van der Waals surface area contributed by atoms with E-state index >= 15 is 0 Å². The molecule has 126 valence electrons. The number of H-pyrrole nitrogens is 1. The average Bonchev–Trinajstić information content (AvgIpc) is 2.99. The molecule has 3 aromatic rings. The largest absolute Gasteiger partial charge is 0.486 e. The number of hydrogen-bond acceptors (Lipinski definition) is 5. The summed E-state index contributed by atoms with van der Waals surface area (Å²) in [7, 11) is 0. The number of carboxylic acids is 1. The summed E-state index contributed by atoms with van der Waals surface area (Å²) in [6.45, 7) is 0.201. The van der Waals surface area contributed by atoms with E-state index in [2.05, 4.69) is 15.3 Å². The Balaban J connectivity index is 1.75. The van der Waals surface area contributed by atoms with Gasteiger partial charge in [-0.05, 0) is 42.0 Å². The van der Waals surface area contributed by atoms with Crippen molar-refractivity contribution in [3.8, 4) is 5.75 Å². The lowest BCUT2D eigenvalue weighted by atomic mass is 10.1. The van der Waals surface area contributed by atoms with E-state index in [1.165, 1.54) is 16.8 Å². The summed E-state index contributed by atoms with van der Waals surface area (Å²) >= 11 is 5.17. The molecular formula is C17H14N4O3S. The zero-order valence-corrected chi connectivity index (χ0v) is 13.8. The minimum atomic E-state index is -0.971. The summed E-state index contributed by atoms with van der Waals surface area (Å²) < 4.78 is 7.45. The van der Waals surface area contributed by atoms with E-state index in [1.54, 1.807) is 18.3 Å². The average molecular weight is 354 g/mol. The smallest absolute Gasteiger partial charge is 0.335 e. The molecule has 7 nitrogen and oxygen atoms in total. The Morgan fingerprint density at radius 1 is 1.24 bits per heavy atom. The van der Waals surface area contributed by atoms with Crippen LogP contribution in [-0.2, 0) is 6.61 Å². The van der Waals surface area contributed by atoms with Gasteiger partial charge in [-0.3, -0.25) is 0 Å². The van der Waals surface area contributed by atoms with Gasteiger partial charge in [-0.25, -0.2) is 9.89 Å². The van der Waals surface area contributed by atoms with E-state index in [0.717, 1.165) is 11.3 Å². The number of aromatic amines is 1. The number of ether oxygens (including phenoxy) is 1. The van der Waals surface area contributed by atoms with Gasteiger partial charge in [-0.15, -0.1) is 0 Å². The van der Waals surface area contributed by atoms with Gasteiger partial charge >= 0.3 is 5.97 Å². The highest BCUT2D eigenvalue weighted by Crippen LogP contribution is 2.11. The van der Waals surface area contributed by atoms with Crippen molar-refractivity contribution in [3.63, 3.8) is 0 Å². The van der Waals surface area contributed by atoms with Gasteiger partial charge in [-0.1, -0.05) is 30.3 Å². The molecule has 0 amide bonds. The van der Waals surface area contributed by atoms with Crippen molar-refractivity contribution < 1.29 is 14.6 Å². The first-order chi connectivity index (χ1) is 12.1. The van der Waals surface area contributed by atoms with Gasteiger partial charge in [0.1, 0.15) is 12.4 Å². The number of aromatic carboxylic acids is 1. The van der Waals surface area contributed by atoms with Crippen LogP contribution in [0.2, 0.25) is 0 Å². The Bertz CT molecular complexity index is 946. The quantitative estimate of drug-likeness (QED) is 0.524. The third kappa shape index (κ3) is 4.18. The van der Waals surface area contributed by atoms with Crippen molar-refractivity contribution in [1.29, 1.82) is 0 Å². The summed E-state index contributed by atoms with van der Waals surface area (Å²) in [5.74, 6) is 0.268. The number of para-hydroxylation sites is 1. The maximum atomic E-state index is 10.9. The maximum absolute atomic E-state index is 10.9. The molecule has 0 fully saturated rings. The van der Waals surface area contributed by atoms with Crippen LogP contribution in [0.1, 0.15) is 21.7 Å². The first kappa shape index (κ1) is 16.6. The molecule has 8 heteroatoms. The molecule has 0 bridgehead atoms. The highest BCUT2D eigenvalue weighted by atomic mass is 32.1. The monoisotopic (exact) mass is 354 g/mol. The first-order valence-electron chi connectivity index (χ1n) is 7.35. The molecule has 25 heavy (non-hydrogen) atoms. The van der Waals surface area contributed by atoms with Crippen LogP contribution < -0.4 is 4.74 Å². The van der Waals surface area contributed by atoms with Crippen molar-refractivity contribution in [3.05, 3.63) is 76.3 Å². The van der Waals surface area contributed by atoms with E-state index in [1.807, 2.05) is 30.3 Å². The van der Waals surface area contributed by atoms with Crippen LogP contribution in [0.15, 0.2) is 59.7 Å². The lowest BCUT2D eigenvalue weighted by molar-refractivity contribution is 0.0697. The lowest BCUT2D eigenvalue weighted by Crippen LogP contribution is -2.04. The molecule has 0 radical (unpaired) electrons. The Morgan fingerprint density at radius 3 is 2.64 bits per heavy atom. The highest BCUT2D eigenvalue weighted by Gasteiger charge is 2.06. The summed E-state index contributed by atoms with van der Waals surface area (Å²) in [5.41, 5.74) is 0.956. The zero-order valence-electron chi connectivity index (χ0n) is 13.0. The molecule has 3 rings (SSSR count). The third-order valence-corrected chi connectivity index (χ3v) is 3.57. The molecule has 2 aromatic carbocycles. The molecular weight excluding hydrogens is 340 g/mol. The number of carbonyl (C=O) groups is 1. The Kier molecular flexibility index (Phi) is 5.00. The van der Waals surface area contributed by atoms with Crippen LogP contribution in [0.3, 0.4) is 0 Å². The summed E-state index contributed by atoms with van der Waals surface area (Å²) in [6.07, 6.45) is 1.57. The SMILES string of the molecule is O=C(O)c1ccc(C=Nn2c(COc3ccccc3)n[nH]c2=S)cc1. The second-order valence-electron chi connectivity index (χ2n) is 5.03. The summed E-state index contributed by atoms with van der Waals surface area (Å²) in [4.78, 5) is 10.9. The van der Waals surface area contributed by atoms with Gasteiger partial charge < -0.3 is 9.84 Å². The van der Waals surface area contributed by atoms with Crippen molar-refractivity contribution >= 4 is 24.4 Å². The predicted octanol–water partition coefficient (Wildman–Crippen LogP) is 3.10. The molecule has 0 aliphatic carbocycles. The van der Waals surface area contributed by atoms with E-state index in [4.69, 9.17) is 22.1 Å². The van der Waals surface area contributed by atoms with Crippen molar-refractivity contribution in [2.24, 2.45) is 5.10 Å². The molecule has 0 spiro atoms. The van der Waals surface area contributed by atoms with Crippen LogP contribution in [0, 0.1) is 4.77 Å². The fourth-order valence-electron chi connectivity index (χ4n) is 2.04. The fraction of sp³-hybridized carbons (Fsp3) is 0.0588. The molecule has 0 saturated heterocycles. The van der Waals surface area contributed by atoms with Gasteiger partial charge in [-0.2, -0.15) is 14.9 Å². The summed E-state index contributed by atoms with van der Waals surface area (Å²) in [5, 5.41) is 20.0. The second kappa shape index (κ2) is 7.54. The van der Waals surface area contributed by atoms with E-state index in [0.29, 0.717) is 10.6 Å². The molecule has 0 aliphatic heterocycles. The number of aromatic nitrogens is 3. The van der Waals surface area contributed by atoms with Crippen molar-refractivity contribution in [1.82, 2.24) is 14.9 Å². The third-order valence-electron chi connectivity index (χ3n) is 3.31. The second-order valence-corrected chi connectivity index (χ2v) is 5.42. The molecule has 0 unspecified atom stereocenters. The van der Waals surface area contributed by atoms with Gasteiger partial charge in [0, 0.05) is 0 Å². The zero-order chi connectivity index (χ0) is 17.6. The molecule has 1 aromatic heterocycles. The molecule has 0 aliphatic rings. The van der Waals surface area contributed by atoms with Crippen LogP contribution >= 0.6 is 12.2 Å².